The molecule has 1 atom stereocenters. The van der Waals surface area contributed by atoms with E-state index in [0.29, 0.717) is 19.1 Å². The minimum atomic E-state index is -0.290. The third-order valence-electron chi connectivity index (χ3n) is 5.16. The number of benzene rings is 1. The maximum Gasteiger partial charge on any atom is 0.246 e. The molecule has 0 radical (unpaired) electrons. The molecule has 0 spiro atoms. The Hall–Kier alpha value is -2.21. The fraction of sp³-hybridized carbons (Fsp3) is 0.474. The van der Waals surface area contributed by atoms with Crippen molar-refractivity contribution < 1.29 is 14.0 Å². The SMILES string of the molecule is NC(=O)[C@@H]1CCCN1C1CCN(C(=O)/C=C/c2ccc(F)cc2)CC1. The zero-order chi connectivity index (χ0) is 17.8. The quantitative estimate of drug-likeness (QED) is 0.846. The molecular weight excluding hydrogens is 321 g/mol. The Morgan fingerprint density at radius 2 is 1.76 bits per heavy atom. The number of hydrogen-bond donors (Lipinski definition) is 1. The molecule has 3 rings (SSSR count). The van der Waals surface area contributed by atoms with Crippen LogP contribution < -0.4 is 5.73 Å². The molecule has 0 aliphatic carbocycles. The molecule has 6 heteroatoms. The first-order valence-corrected chi connectivity index (χ1v) is 8.82. The van der Waals surface area contributed by atoms with E-state index in [-0.39, 0.29) is 23.7 Å². The number of carbonyl (C=O) groups is 2. The zero-order valence-electron chi connectivity index (χ0n) is 14.2. The Morgan fingerprint density at radius 1 is 1.08 bits per heavy atom. The van der Waals surface area contributed by atoms with Crippen molar-refractivity contribution in [2.24, 2.45) is 5.73 Å². The largest absolute Gasteiger partial charge is 0.368 e. The first kappa shape index (κ1) is 17.6. The number of halogens is 1. The van der Waals surface area contributed by atoms with Crippen LogP contribution in [0.5, 0.6) is 0 Å². The molecule has 2 heterocycles. The summed E-state index contributed by atoms with van der Waals surface area (Å²) >= 11 is 0. The summed E-state index contributed by atoms with van der Waals surface area (Å²) in [6, 6.07) is 6.21. The second kappa shape index (κ2) is 7.78. The summed E-state index contributed by atoms with van der Waals surface area (Å²) < 4.78 is 12.9. The van der Waals surface area contributed by atoms with Gasteiger partial charge in [-0.25, -0.2) is 4.39 Å². The van der Waals surface area contributed by atoms with Crippen LogP contribution in [0.2, 0.25) is 0 Å². The van der Waals surface area contributed by atoms with Crippen LogP contribution >= 0.6 is 0 Å². The Labute approximate surface area is 147 Å². The molecule has 2 fully saturated rings. The average molecular weight is 345 g/mol. The first-order valence-electron chi connectivity index (χ1n) is 8.82. The van der Waals surface area contributed by atoms with Gasteiger partial charge in [-0.05, 0) is 56.0 Å². The predicted octanol–water partition coefficient (Wildman–Crippen LogP) is 1.78. The van der Waals surface area contributed by atoms with E-state index in [2.05, 4.69) is 4.90 Å². The highest BCUT2D eigenvalue weighted by molar-refractivity contribution is 5.91. The molecule has 5 nitrogen and oxygen atoms in total. The summed E-state index contributed by atoms with van der Waals surface area (Å²) in [6.45, 7) is 2.27. The van der Waals surface area contributed by atoms with Crippen LogP contribution in [0.15, 0.2) is 30.3 Å². The first-order chi connectivity index (χ1) is 12.0. The van der Waals surface area contributed by atoms with Crippen LogP contribution in [0.1, 0.15) is 31.2 Å². The number of piperidine rings is 1. The maximum atomic E-state index is 12.9. The third-order valence-corrected chi connectivity index (χ3v) is 5.16. The standard InChI is InChI=1S/C19H24FN3O2/c20-15-6-3-14(4-7-15)5-8-18(24)22-12-9-16(10-13-22)23-11-1-2-17(23)19(21)25/h3-8,16-17H,1-2,9-13H2,(H2,21,25)/b8-5+/t17-/m0/s1. The second-order valence-electron chi connectivity index (χ2n) is 6.74. The van der Waals surface area contributed by atoms with Crippen molar-refractivity contribution in [3.8, 4) is 0 Å². The Kier molecular flexibility index (Phi) is 5.48. The maximum absolute atomic E-state index is 12.9. The third kappa shape index (κ3) is 4.25. The van der Waals surface area contributed by atoms with Gasteiger partial charge < -0.3 is 10.6 Å². The molecule has 2 aliphatic heterocycles. The molecule has 134 valence electrons. The van der Waals surface area contributed by atoms with E-state index in [9.17, 15) is 14.0 Å². The lowest BCUT2D eigenvalue weighted by Crippen LogP contribution is -2.51. The number of carbonyl (C=O) groups excluding carboxylic acids is 2. The summed E-state index contributed by atoms with van der Waals surface area (Å²) in [5.74, 6) is -0.560. The van der Waals surface area contributed by atoms with Crippen LogP contribution in [-0.4, -0.2) is 53.3 Å². The summed E-state index contributed by atoms with van der Waals surface area (Å²) in [4.78, 5) is 27.9. The molecule has 0 aromatic heterocycles. The number of amides is 2. The molecule has 0 saturated carbocycles. The lowest BCUT2D eigenvalue weighted by atomic mass is 10.0. The van der Waals surface area contributed by atoms with Gasteiger partial charge in [0.25, 0.3) is 0 Å². The van der Waals surface area contributed by atoms with E-state index < -0.39 is 0 Å². The van der Waals surface area contributed by atoms with Crippen LogP contribution in [0.4, 0.5) is 4.39 Å². The van der Waals surface area contributed by atoms with Crippen LogP contribution in [0.25, 0.3) is 6.08 Å². The minimum Gasteiger partial charge on any atom is -0.368 e. The number of likely N-dealkylation sites (tertiary alicyclic amines) is 2. The van der Waals surface area contributed by atoms with Crippen molar-refractivity contribution in [1.29, 1.82) is 0 Å². The van der Waals surface area contributed by atoms with E-state index in [4.69, 9.17) is 5.73 Å². The number of hydrogen-bond acceptors (Lipinski definition) is 3. The molecule has 0 unspecified atom stereocenters. The summed E-state index contributed by atoms with van der Waals surface area (Å²) in [5.41, 5.74) is 6.29. The van der Waals surface area contributed by atoms with Crippen molar-refractivity contribution in [2.45, 2.75) is 37.8 Å². The van der Waals surface area contributed by atoms with Gasteiger partial charge in [-0.3, -0.25) is 14.5 Å². The topological polar surface area (TPSA) is 66.6 Å². The lowest BCUT2D eigenvalue weighted by Gasteiger charge is -2.38. The summed E-state index contributed by atoms with van der Waals surface area (Å²) in [7, 11) is 0. The molecule has 2 N–H and O–H groups in total. The highest BCUT2D eigenvalue weighted by Gasteiger charge is 2.35. The smallest absolute Gasteiger partial charge is 0.246 e. The number of primary amides is 1. The molecule has 2 aliphatic rings. The average Bonchev–Trinajstić information content (AvgIpc) is 3.11. The van der Waals surface area contributed by atoms with Crippen molar-refractivity contribution in [1.82, 2.24) is 9.80 Å². The van der Waals surface area contributed by atoms with Gasteiger partial charge in [0.1, 0.15) is 5.82 Å². The van der Waals surface area contributed by atoms with Crippen molar-refractivity contribution in [3.63, 3.8) is 0 Å². The molecule has 25 heavy (non-hydrogen) atoms. The van der Waals surface area contributed by atoms with Crippen molar-refractivity contribution in [2.75, 3.05) is 19.6 Å². The van der Waals surface area contributed by atoms with Gasteiger partial charge in [0.05, 0.1) is 6.04 Å². The zero-order valence-corrected chi connectivity index (χ0v) is 14.2. The van der Waals surface area contributed by atoms with Gasteiger partial charge in [-0.15, -0.1) is 0 Å². The van der Waals surface area contributed by atoms with Crippen LogP contribution in [0.3, 0.4) is 0 Å². The van der Waals surface area contributed by atoms with Crippen molar-refractivity contribution >= 4 is 17.9 Å². The molecule has 0 bridgehead atoms. The highest BCUT2D eigenvalue weighted by Crippen LogP contribution is 2.26. The van der Waals surface area contributed by atoms with Gasteiger partial charge in [0, 0.05) is 25.2 Å². The normalized spacial score (nSPS) is 22.6. The molecule has 1 aromatic rings. The van der Waals surface area contributed by atoms with Gasteiger partial charge >= 0.3 is 0 Å². The Bertz CT molecular complexity index is 651. The van der Waals surface area contributed by atoms with E-state index in [0.717, 1.165) is 37.8 Å². The van der Waals surface area contributed by atoms with Crippen molar-refractivity contribution in [3.05, 3.63) is 41.7 Å². The second-order valence-corrected chi connectivity index (χ2v) is 6.74. The molecular formula is C19H24FN3O2. The monoisotopic (exact) mass is 345 g/mol. The highest BCUT2D eigenvalue weighted by atomic mass is 19.1. The van der Waals surface area contributed by atoms with Crippen LogP contribution in [0, 0.1) is 5.82 Å². The van der Waals surface area contributed by atoms with Crippen LogP contribution in [-0.2, 0) is 9.59 Å². The van der Waals surface area contributed by atoms with E-state index >= 15 is 0 Å². The minimum absolute atomic E-state index is 0.0318. The summed E-state index contributed by atoms with van der Waals surface area (Å²) in [5, 5.41) is 0. The van der Waals surface area contributed by atoms with Gasteiger partial charge in [0.15, 0.2) is 0 Å². The number of nitrogens with two attached hydrogens (primary N) is 1. The number of nitrogens with zero attached hydrogens (tertiary/aromatic N) is 2. The molecule has 2 amide bonds. The molecule has 2 saturated heterocycles. The van der Waals surface area contributed by atoms with E-state index in [1.165, 1.54) is 18.2 Å². The fourth-order valence-corrected chi connectivity index (χ4v) is 3.80. The molecule has 1 aromatic carbocycles. The Balaban J connectivity index is 1.52. The summed E-state index contributed by atoms with van der Waals surface area (Å²) in [6.07, 6.45) is 6.81. The van der Waals surface area contributed by atoms with Gasteiger partial charge in [0.2, 0.25) is 11.8 Å². The number of rotatable bonds is 4. The van der Waals surface area contributed by atoms with Gasteiger partial charge in [-0.2, -0.15) is 0 Å². The van der Waals surface area contributed by atoms with E-state index in [1.807, 2.05) is 4.90 Å². The predicted molar refractivity (Wildman–Crippen MR) is 94.0 cm³/mol. The van der Waals surface area contributed by atoms with E-state index in [1.54, 1.807) is 18.2 Å². The Morgan fingerprint density at radius 3 is 2.40 bits per heavy atom. The fourth-order valence-electron chi connectivity index (χ4n) is 3.80. The lowest BCUT2D eigenvalue weighted by molar-refractivity contribution is -0.129. The van der Waals surface area contributed by atoms with Gasteiger partial charge in [-0.1, -0.05) is 12.1 Å².